The highest BCUT2D eigenvalue weighted by Gasteiger charge is 2.12. The first kappa shape index (κ1) is 14.7. The van der Waals surface area contributed by atoms with Crippen molar-refractivity contribution < 1.29 is 13.9 Å². The van der Waals surface area contributed by atoms with Crippen LogP contribution in [0, 0.1) is 5.82 Å². The molecule has 0 N–H and O–H groups in total. The fourth-order valence-electron chi connectivity index (χ4n) is 1.93. The summed E-state index contributed by atoms with van der Waals surface area (Å²) in [5.74, 6) is -0.476. The normalized spacial score (nSPS) is 10.8. The maximum Gasteiger partial charge on any atom is 0.176 e. The Hall–Kier alpha value is -1.72. The van der Waals surface area contributed by atoms with Crippen molar-refractivity contribution in [2.24, 2.45) is 0 Å². The maximum absolute atomic E-state index is 13.6. The third kappa shape index (κ3) is 3.65. The number of nitrogens with zero attached hydrogens (tertiary/aromatic N) is 1. The summed E-state index contributed by atoms with van der Waals surface area (Å²) < 4.78 is 18.4. The lowest BCUT2D eigenvalue weighted by molar-refractivity contribution is 0.0942. The number of halogens is 1. The molecule has 20 heavy (non-hydrogen) atoms. The number of carbonyl (C=O) groups is 1. The Labute approximate surface area is 121 Å². The molecular weight excluding hydrogens is 277 g/mol. The van der Waals surface area contributed by atoms with E-state index in [9.17, 15) is 9.18 Å². The average Bonchev–Trinajstić information content (AvgIpc) is 2.91. The Kier molecular flexibility index (Phi) is 4.87. The topological polar surface area (TPSA) is 29.5 Å². The van der Waals surface area contributed by atoms with Crippen molar-refractivity contribution in [3.05, 3.63) is 52.0 Å². The van der Waals surface area contributed by atoms with Crippen LogP contribution in [0.1, 0.15) is 15.9 Å². The van der Waals surface area contributed by atoms with Gasteiger partial charge in [-0.25, -0.2) is 4.39 Å². The number of benzene rings is 1. The zero-order chi connectivity index (χ0) is 14.5. The van der Waals surface area contributed by atoms with Crippen LogP contribution in [0.4, 0.5) is 4.39 Å². The zero-order valence-electron chi connectivity index (χ0n) is 11.4. The first-order valence-electron chi connectivity index (χ1n) is 6.16. The van der Waals surface area contributed by atoms with Gasteiger partial charge in [-0.15, -0.1) is 0 Å². The van der Waals surface area contributed by atoms with E-state index >= 15 is 0 Å². The Morgan fingerprint density at radius 1 is 1.40 bits per heavy atom. The monoisotopic (exact) mass is 293 g/mol. The van der Waals surface area contributed by atoms with Gasteiger partial charge in [0.25, 0.3) is 0 Å². The van der Waals surface area contributed by atoms with Gasteiger partial charge in [-0.2, -0.15) is 11.3 Å². The average molecular weight is 293 g/mol. The lowest BCUT2D eigenvalue weighted by Crippen LogP contribution is -2.25. The molecule has 0 fully saturated rings. The molecule has 106 valence electrons. The number of methoxy groups -OCH3 is 1. The summed E-state index contributed by atoms with van der Waals surface area (Å²) in [6, 6.07) is 6.31. The molecule has 0 radical (unpaired) electrons. The number of carbonyl (C=O) groups excluding carboxylic acids is 1. The number of rotatable bonds is 6. The molecule has 2 rings (SSSR count). The van der Waals surface area contributed by atoms with Gasteiger partial charge in [0.1, 0.15) is 0 Å². The fourth-order valence-corrected chi connectivity index (χ4v) is 2.59. The van der Waals surface area contributed by atoms with E-state index in [2.05, 4.69) is 0 Å². The number of Topliss-reactive ketones (excluding diaryl/α,β-unsaturated/α-hetero) is 1. The van der Waals surface area contributed by atoms with Crippen LogP contribution in [-0.4, -0.2) is 31.4 Å². The molecule has 0 saturated heterocycles. The maximum atomic E-state index is 13.6. The third-order valence-electron chi connectivity index (χ3n) is 2.92. The van der Waals surface area contributed by atoms with Gasteiger partial charge < -0.3 is 4.74 Å². The standard InChI is InChI=1S/C15H16FNO2S/c1-17(8-11-5-6-20-10-11)9-14(18)12-3-4-15(19-2)13(16)7-12/h3-7,10H,8-9H2,1-2H3. The molecular formula is C15H16FNO2S. The molecule has 0 aliphatic rings. The van der Waals surface area contributed by atoms with Crippen molar-refractivity contribution in [3.63, 3.8) is 0 Å². The van der Waals surface area contributed by atoms with E-state index in [0.29, 0.717) is 12.1 Å². The summed E-state index contributed by atoms with van der Waals surface area (Å²) in [4.78, 5) is 14.0. The van der Waals surface area contributed by atoms with Crippen LogP contribution in [0.5, 0.6) is 5.75 Å². The van der Waals surface area contributed by atoms with E-state index in [0.717, 1.165) is 0 Å². The highest BCUT2D eigenvalue weighted by atomic mass is 32.1. The van der Waals surface area contributed by atoms with Crippen LogP contribution in [0.25, 0.3) is 0 Å². The van der Waals surface area contributed by atoms with E-state index in [1.807, 2.05) is 28.8 Å². The van der Waals surface area contributed by atoms with Crippen LogP contribution in [0.15, 0.2) is 35.0 Å². The lowest BCUT2D eigenvalue weighted by Gasteiger charge is -2.15. The van der Waals surface area contributed by atoms with Crippen LogP contribution in [0.3, 0.4) is 0 Å². The summed E-state index contributed by atoms with van der Waals surface area (Å²) in [7, 11) is 3.27. The molecule has 0 bridgehead atoms. The number of ether oxygens (including phenoxy) is 1. The number of ketones is 1. The molecule has 0 aliphatic carbocycles. The molecule has 1 heterocycles. The first-order chi connectivity index (χ1) is 9.60. The highest BCUT2D eigenvalue weighted by Crippen LogP contribution is 2.18. The van der Waals surface area contributed by atoms with Crippen LogP contribution < -0.4 is 4.74 Å². The number of hydrogen-bond donors (Lipinski definition) is 0. The molecule has 1 aromatic carbocycles. The molecule has 0 aliphatic heterocycles. The van der Waals surface area contributed by atoms with E-state index < -0.39 is 5.82 Å². The highest BCUT2D eigenvalue weighted by molar-refractivity contribution is 7.07. The minimum Gasteiger partial charge on any atom is -0.494 e. The molecule has 0 unspecified atom stereocenters. The zero-order valence-corrected chi connectivity index (χ0v) is 12.2. The summed E-state index contributed by atoms with van der Waals surface area (Å²) in [5.41, 5.74) is 1.53. The fraction of sp³-hybridized carbons (Fsp3) is 0.267. The van der Waals surface area contributed by atoms with Gasteiger partial charge in [0.2, 0.25) is 0 Å². The smallest absolute Gasteiger partial charge is 0.176 e. The number of likely N-dealkylation sites (N-methyl/N-ethyl adjacent to an activating group) is 1. The minimum atomic E-state index is -0.515. The van der Waals surface area contributed by atoms with Gasteiger partial charge in [-0.3, -0.25) is 9.69 Å². The summed E-state index contributed by atoms with van der Waals surface area (Å²) in [5, 5.41) is 4.05. The van der Waals surface area contributed by atoms with Crippen molar-refractivity contribution in [1.29, 1.82) is 0 Å². The molecule has 0 spiro atoms. The molecule has 0 atom stereocenters. The van der Waals surface area contributed by atoms with Crippen molar-refractivity contribution in [3.8, 4) is 5.75 Å². The van der Waals surface area contributed by atoms with E-state index in [-0.39, 0.29) is 18.1 Å². The van der Waals surface area contributed by atoms with Gasteiger partial charge >= 0.3 is 0 Å². The Bertz CT molecular complexity index is 584. The first-order valence-corrected chi connectivity index (χ1v) is 7.11. The second-order valence-electron chi connectivity index (χ2n) is 4.58. The predicted octanol–water partition coefficient (Wildman–Crippen LogP) is 3.21. The molecule has 2 aromatic rings. The Morgan fingerprint density at radius 3 is 2.80 bits per heavy atom. The quantitative estimate of drug-likeness (QED) is 0.766. The third-order valence-corrected chi connectivity index (χ3v) is 3.65. The molecule has 3 nitrogen and oxygen atoms in total. The Balaban J connectivity index is 1.99. The molecule has 0 saturated carbocycles. The van der Waals surface area contributed by atoms with Crippen LogP contribution >= 0.6 is 11.3 Å². The van der Waals surface area contributed by atoms with E-state index in [4.69, 9.17) is 4.74 Å². The second-order valence-corrected chi connectivity index (χ2v) is 5.36. The van der Waals surface area contributed by atoms with Crippen molar-refractivity contribution in [1.82, 2.24) is 4.90 Å². The summed E-state index contributed by atoms with van der Waals surface area (Å²) in [6.45, 7) is 0.954. The summed E-state index contributed by atoms with van der Waals surface area (Å²) >= 11 is 1.63. The number of hydrogen-bond acceptors (Lipinski definition) is 4. The minimum absolute atomic E-state index is 0.107. The Morgan fingerprint density at radius 2 is 2.20 bits per heavy atom. The van der Waals surface area contributed by atoms with Crippen molar-refractivity contribution in [2.45, 2.75) is 6.54 Å². The molecule has 5 heteroatoms. The van der Waals surface area contributed by atoms with Gasteiger partial charge in [0, 0.05) is 12.1 Å². The van der Waals surface area contributed by atoms with Gasteiger partial charge in [-0.05, 0) is 47.6 Å². The van der Waals surface area contributed by atoms with Gasteiger partial charge in [0.15, 0.2) is 17.3 Å². The second kappa shape index (κ2) is 6.63. The van der Waals surface area contributed by atoms with Crippen LogP contribution in [0.2, 0.25) is 0 Å². The lowest BCUT2D eigenvalue weighted by atomic mass is 10.1. The SMILES string of the molecule is COc1ccc(C(=O)CN(C)Cc2ccsc2)cc1F. The molecule has 1 aromatic heterocycles. The van der Waals surface area contributed by atoms with E-state index in [1.165, 1.54) is 24.8 Å². The largest absolute Gasteiger partial charge is 0.494 e. The predicted molar refractivity (Wildman–Crippen MR) is 77.9 cm³/mol. The van der Waals surface area contributed by atoms with Crippen LogP contribution in [-0.2, 0) is 6.54 Å². The van der Waals surface area contributed by atoms with E-state index in [1.54, 1.807) is 17.4 Å². The molecule has 0 amide bonds. The van der Waals surface area contributed by atoms with Crippen molar-refractivity contribution in [2.75, 3.05) is 20.7 Å². The van der Waals surface area contributed by atoms with Gasteiger partial charge in [0.05, 0.1) is 13.7 Å². The summed E-state index contributed by atoms with van der Waals surface area (Å²) in [6.07, 6.45) is 0. The van der Waals surface area contributed by atoms with Gasteiger partial charge in [-0.1, -0.05) is 0 Å². The van der Waals surface area contributed by atoms with Crippen molar-refractivity contribution >= 4 is 17.1 Å². The number of thiophene rings is 1.